The van der Waals surface area contributed by atoms with Gasteiger partial charge in [0.15, 0.2) is 22.9 Å². The molecule has 276 valence electrons. The van der Waals surface area contributed by atoms with Crippen molar-refractivity contribution in [3.05, 3.63) is 92.1 Å². The number of carbonyl (C=O) groups excluding carboxylic acids is 2. The summed E-state index contributed by atoms with van der Waals surface area (Å²) in [7, 11) is 0. The number of hydrogen-bond acceptors (Lipinski definition) is 9. The number of aromatic hydroxyl groups is 1. The number of nitrogens with zero attached hydrogens (tertiary/aromatic N) is 7. The summed E-state index contributed by atoms with van der Waals surface area (Å²) in [5, 5.41) is 16.9. The van der Waals surface area contributed by atoms with Crippen LogP contribution in [-0.2, 0) is 30.4 Å². The molecule has 2 amide bonds. The summed E-state index contributed by atoms with van der Waals surface area (Å²) in [5.41, 5.74) is -0.445. The smallest absolute Gasteiger partial charge is 0.416 e. The molecule has 0 radical (unpaired) electrons. The maximum atomic E-state index is 16.6. The van der Waals surface area contributed by atoms with E-state index in [1.54, 1.807) is 36.9 Å². The van der Waals surface area contributed by atoms with Crippen molar-refractivity contribution in [3.8, 4) is 22.8 Å². The maximum Gasteiger partial charge on any atom is 0.416 e. The number of aryl methyl sites for hydroxylation is 1. The van der Waals surface area contributed by atoms with Gasteiger partial charge in [0.2, 0.25) is 5.91 Å². The van der Waals surface area contributed by atoms with Crippen LogP contribution in [0, 0.1) is 12.7 Å². The number of hydrogen-bond donors (Lipinski definition) is 2. The van der Waals surface area contributed by atoms with Gasteiger partial charge in [0.1, 0.15) is 30.0 Å². The first-order valence-electron chi connectivity index (χ1n) is 16.6. The number of halogens is 5. The first-order valence-corrected chi connectivity index (χ1v) is 17.0. The number of benzene rings is 2. The lowest BCUT2D eigenvalue weighted by atomic mass is 10.1. The SMILES string of the molecule is CCc1c(N2CCN(C(=O)c3ncnc(C)c3O)CC2)c(=O)n2nc(-c3ccc4c(c3)CCO4)c(F)c2n1CC(=O)Nc1ccc(C(F)(F)F)cc1Cl. The molecular weight excluding hydrogens is 724 g/mol. The van der Waals surface area contributed by atoms with E-state index >= 15 is 4.39 Å². The molecule has 5 aromatic rings. The first-order chi connectivity index (χ1) is 25.3. The third kappa shape index (κ3) is 6.49. The molecule has 0 unspecified atom stereocenters. The van der Waals surface area contributed by atoms with E-state index in [9.17, 15) is 32.7 Å². The van der Waals surface area contributed by atoms with Gasteiger partial charge in [0, 0.05) is 43.9 Å². The maximum absolute atomic E-state index is 16.6. The lowest BCUT2D eigenvalue weighted by molar-refractivity contribution is -0.137. The quantitative estimate of drug-likeness (QED) is 0.222. The molecule has 0 bridgehead atoms. The molecule has 7 rings (SSSR count). The number of rotatable bonds is 7. The predicted molar refractivity (Wildman–Crippen MR) is 185 cm³/mol. The van der Waals surface area contributed by atoms with Gasteiger partial charge in [-0.1, -0.05) is 18.5 Å². The van der Waals surface area contributed by atoms with Crippen molar-refractivity contribution in [2.45, 2.75) is 39.4 Å². The molecule has 0 saturated carbocycles. The standard InChI is InChI=1S/C35H31ClF4N8O5/c1-3-24-30(45-9-11-46(12-10-45)33(51)29-31(50)18(2)41-17-42-29)34(52)48-32(27(37)28(44-48)20-4-7-25-19(14-20)8-13-53-25)47(24)16-26(49)43-23-6-5-21(15-22(23)36)35(38,39)40/h4-7,14-15,17,50H,3,8-13,16H2,1-2H3,(H,43,49). The second-order valence-electron chi connectivity index (χ2n) is 12.5. The summed E-state index contributed by atoms with van der Waals surface area (Å²) >= 11 is 6.11. The highest BCUT2D eigenvalue weighted by Gasteiger charge is 2.33. The summed E-state index contributed by atoms with van der Waals surface area (Å²) in [4.78, 5) is 52.2. The highest BCUT2D eigenvalue weighted by atomic mass is 35.5. The molecule has 53 heavy (non-hydrogen) atoms. The van der Waals surface area contributed by atoms with E-state index in [2.05, 4.69) is 20.4 Å². The number of carbonyl (C=O) groups is 2. The lowest BCUT2D eigenvalue weighted by Crippen LogP contribution is -2.51. The van der Waals surface area contributed by atoms with Crippen LogP contribution in [0.1, 0.15) is 39.9 Å². The van der Waals surface area contributed by atoms with Crippen LogP contribution in [0.15, 0.2) is 47.5 Å². The minimum atomic E-state index is -4.65. The largest absolute Gasteiger partial charge is 0.504 e. The Bertz CT molecular complexity index is 2350. The molecule has 3 aromatic heterocycles. The molecule has 2 N–H and O–H groups in total. The van der Waals surface area contributed by atoms with Crippen LogP contribution in [0.5, 0.6) is 11.5 Å². The van der Waals surface area contributed by atoms with Crippen molar-refractivity contribution >= 4 is 40.4 Å². The Kier molecular flexibility index (Phi) is 9.21. The second-order valence-corrected chi connectivity index (χ2v) is 12.9. The number of fused-ring (bicyclic) bond motifs is 2. The third-order valence-electron chi connectivity index (χ3n) is 9.32. The average Bonchev–Trinajstić information content (AvgIpc) is 3.75. The van der Waals surface area contributed by atoms with Gasteiger partial charge in [-0.05, 0) is 55.3 Å². The Balaban J connectivity index is 1.28. The third-order valence-corrected chi connectivity index (χ3v) is 9.63. The molecule has 1 fully saturated rings. The zero-order chi connectivity index (χ0) is 37.8. The fourth-order valence-corrected chi connectivity index (χ4v) is 6.87. The molecule has 2 aliphatic heterocycles. The van der Waals surface area contributed by atoms with Gasteiger partial charge in [-0.3, -0.25) is 14.4 Å². The van der Waals surface area contributed by atoms with Crippen molar-refractivity contribution in [1.29, 1.82) is 0 Å². The van der Waals surface area contributed by atoms with Crippen molar-refractivity contribution in [3.63, 3.8) is 0 Å². The number of nitrogens with one attached hydrogen (secondary N) is 1. The minimum Gasteiger partial charge on any atom is -0.504 e. The number of amides is 2. The van der Waals surface area contributed by atoms with Gasteiger partial charge in [0.05, 0.1) is 28.6 Å². The van der Waals surface area contributed by atoms with Crippen molar-refractivity contribution in [1.82, 2.24) is 29.0 Å². The first kappa shape index (κ1) is 35.7. The van der Waals surface area contributed by atoms with E-state index in [4.69, 9.17) is 16.3 Å². The molecule has 5 heterocycles. The Hall–Kier alpha value is -5.71. The van der Waals surface area contributed by atoms with E-state index in [0.717, 1.165) is 22.2 Å². The van der Waals surface area contributed by atoms with Crippen LogP contribution in [0.4, 0.5) is 28.9 Å². The van der Waals surface area contributed by atoms with Gasteiger partial charge >= 0.3 is 6.18 Å². The summed E-state index contributed by atoms with van der Waals surface area (Å²) < 4.78 is 64.2. The summed E-state index contributed by atoms with van der Waals surface area (Å²) in [6.07, 6.45) is -2.72. The second kappa shape index (κ2) is 13.7. The Morgan fingerprint density at radius 1 is 1.08 bits per heavy atom. The molecule has 18 heteroatoms. The van der Waals surface area contributed by atoms with E-state index in [-0.39, 0.29) is 83.2 Å². The average molecular weight is 755 g/mol. The molecule has 0 spiro atoms. The summed E-state index contributed by atoms with van der Waals surface area (Å²) in [6.45, 7) is 3.73. The van der Waals surface area contributed by atoms with Crippen LogP contribution < -0.4 is 20.5 Å². The van der Waals surface area contributed by atoms with Crippen LogP contribution in [-0.4, -0.2) is 78.8 Å². The van der Waals surface area contributed by atoms with E-state index in [1.165, 1.54) is 15.8 Å². The van der Waals surface area contributed by atoms with Crippen molar-refractivity contribution < 1.29 is 37.0 Å². The molecule has 2 aromatic carbocycles. The van der Waals surface area contributed by atoms with E-state index in [1.807, 2.05) is 0 Å². The molecule has 0 atom stereocenters. The van der Waals surface area contributed by atoms with Crippen LogP contribution >= 0.6 is 11.6 Å². The fourth-order valence-electron chi connectivity index (χ4n) is 6.64. The highest BCUT2D eigenvalue weighted by Crippen LogP contribution is 2.35. The minimum absolute atomic E-state index is 0.0965. The van der Waals surface area contributed by atoms with E-state index in [0.29, 0.717) is 30.4 Å². The van der Waals surface area contributed by atoms with Gasteiger partial charge in [-0.25, -0.2) is 14.4 Å². The Labute approximate surface area is 303 Å². The highest BCUT2D eigenvalue weighted by molar-refractivity contribution is 6.33. The zero-order valence-electron chi connectivity index (χ0n) is 28.3. The Morgan fingerprint density at radius 3 is 2.53 bits per heavy atom. The van der Waals surface area contributed by atoms with Gasteiger partial charge in [-0.15, -0.1) is 0 Å². The fraction of sp³-hybridized carbons (Fsp3) is 0.314. The van der Waals surface area contributed by atoms with Crippen molar-refractivity contribution in [2.24, 2.45) is 0 Å². The van der Waals surface area contributed by atoms with Gasteiger partial charge < -0.3 is 29.5 Å². The summed E-state index contributed by atoms with van der Waals surface area (Å²) in [5.74, 6) is -1.81. The van der Waals surface area contributed by atoms with Crippen LogP contribution in [0.25, 0.3) is 16.9 Å². The molecule has 0 aliphatic carbocycles. The van der Waals surface area contributed by atoms with Gasteiger partial charge in [0.25, 0.3) is 11.5 Å². The topological polar surface area (TPSA) is 147 Å². The number of ether oxygens (including phenoxy) is 1. The zero-order valence-corrected chi connectivity index (χ0v) is 29.1. The number of anilines is 2. The van der Waals surface area contributed by atoms with Gasteiger partial charge in [-0.2, -0.15) is 22.8 Å². The van der Waals surface area contributed by atoms with Crippen molar-refractivity contribution in [2.75, 3.05) is 43.0 Å². The number of aromatic nitrogens is 5. The summed E-state index contributed by atoms with van der Waals surface area (Å²) in [6, 6.07) is 7.53. The molecule has 1 saturated heterocycles. The lowest BCUT2D eigenvalue weighted by Gasteiger charge is -2.36. The number of alkyl halides is 3. The van der Waals surface area contributed by atoms with Crippen LogP contribution in [0.2, 0.25) is 5.02 Å². The molecule has 13 nitrogen and oxygen atoms in total. The number of piperazine rings is 1. The van der Waals surface area contributed by atoms with E-state index < -0.39 is 41.5 Å². The normalized spacial score (nSPS) is 14.4. The van der Waals surface area contributed by atoms with Crippen LogP contribution in [0.3, 0.4) is 0 Å². The Morgan fingerprint density at radius 2 is 1.83 bits per heavy atom. The molecular formula is C35H31ClF4N8O5. The molecule has 2 aliphatic rings. The predicted octanol–water partition coefficient (Wildman–Crippen LogP) is 4.88. The monoisotopic (exact) mass is 754 g/mol.